The van der Waals surface area contributed by atoms with Gasteiger partial charge in [-0.15, -0.1) is 0 Å². The van der Waals surface area contributed by atoms with Crippen molar-refractivity contribution in [3.8, 4) is 0 Å². The third kappa shape index (κ3) is 21.9. The van der Waals surface area contributed by atoms with Crippen LogP contribution >= 0.6 is 0 Å². The lowest BCUT2D eigenvalue weighted by Crippen LogP contribution is -2.25. The molecule has 230 valence electrons. The van der Waals surface area contributed by atoms with Gasteiger partial charge in [0.1, 0.15) is 0 Å². The zero-order valence-corrected chi connectivity index (χ0v) is 26.5. The molecule has 1 aromatic rings. The fourth-order valence-corrected chi connectivity index (χ4v) is 5.37. The lowest BCUT2D eigenvalue weighted by atomic mass is 10.0. The SMILES string of the molecule is CCCCCCCCCCCCCC(=O)NCc1ccccc1CNC(=O)CCCCCCCCCCCCC. The number of nitrogens with one attached hydrogen (secondary N) is 2. The molecule has 0 heterocycles. The molecule has 1 rings (SSSR count). The Morgan fingerprint density at radius 1 is 0.450 bits per heavy atom. The van der Waals surface area contributed by atoms with Crippen molar-refractivity contribution in [2.24, 2.45) is 0 Å². The minimum atomic E-state index is 0.131. The van der Waals surface area contributed by atoms with Crippen LogP contribution in [0.5, 0.6) is 0 Å². The van der Waals surface area contributed by atoms with Crippen LogP contribution in [0.15, 0.2) is 24.3 Å². The summed E-state index contributed by atoms with van der Waals surface area (Å²) in [5.74, 6) is 0.262. The summed E-state index contributed by atoms with van der Waals surface area (Å²) < 4.78 is 0. The van der Waals surface area contributed by atoms with Crippen molar-refractivity contribution < 1.29 is 9.59 Å². The van der Waals surface area contributed by atoms with Gasteiger partial charge in [-0.3, -0.25) is 9.59 Å². The summed E-state index contributed by atoms with van der Waals surface area (Å²) in [7, 11) is 0. The maximum atomic E-state index is 12.4. The van der Waals surface area contributed by atoms with Crippen LogP contribution in [-0.2, 0) is 22.7 Å². The van der Waals surface area contributed by atoms with Crippen LogP contribution in [0, 0.1) is 0 Å². The molecule has 0 aliphatic carbocycles. The van der Waals surface area contributed by atoms with E-state index in [9.17, 15) is 9.59 Å². The van der Waals surface area contributed by atoms with E-state index in [0.717, 1.165) is 36.8 Å². The Hall–Kier alpha value is -1.84. The van der Waals surface area contributed by atoms with E-state index in [4.69, 9.17) is 0 Å². The van der Waals surface area contributed by atoms with E-state index in [1.54, 1.807) is 0 Å². The summed E-state index contributed by atoms with van der Waals surface area (Å²) in [5, 5.41) is 6.17. The van der Waals surface area contributed by atoms with Gasteiger partial charge in [0.05, 0.1) is 0 Å². The number of unbranched alkanes of at least 4 members (excludes halogenated alkanes) is 20. The Morgan fingerprint density at radius 3 is 1.02 bits per heavy atom. The van der Waals surface area contributed by atoms with Gasteiger partial charge in [-0.2, -0.15) is 0 Å². The minimum Gasteiger partial charge on any atom is -0.352 e. The molecule has 0 radical (unpaired) electrons. The van der Waals surface area contributed by atoms with Gasteiger partial charge in [0.15, 0.2) is 0 Å². The summed E-state index contributed by atoms with van der Waals surface area (Å²) in [6.45, 7) is 5.59. The summed E-state index contributed by atoms with van der Waals surface area (Å²) in [6, 6.07) is 8.10. The fraction of sp³-hybridized carbons (Fsp3) is 0.778. The van der Waals surface area contributed by atoms with Crippen LogP contribution < -0.4 is 10.6 Å². The van der Waals surface area contributed by atoms with Gasteiger partial charge in [0.2, 0.25) is 11.8 Å². The number of benzene rings is 1. The predicted molar refractivity (Wildman–Crippen MR) is 172 cm³/mol. The van der Waals surface area contributed by atoms with Crippen molar-refractivity contribution in [2.75, 3.05) is 0 Å². The third-order valence-electron chi connectivity index (χ3n) is 8.09. The summed E-state index contributed by atoms with van der Waals surface area (Å²) in [6.07, 6.45) is 29.7. The maximum Gasteiger partial charge on any atom is 0.220 e. The van der Waals surface area contributed by atoms with Crippen LogP contribution in [0.2, 0.25) is 0 Å². The zero-order chi connectivity index (χ0) is 28.9. The van der Waals surface area contributed by atoms with Crippen molar-refractivity contribution >= 4 is 11.8 Å². The zero-order valence-electron chi connectivity index (χ0n) is 26.5. The molecule has 0 aliphatic rings. The average molecular weight is 557 g/mol. The fourth-order valence-electron chi connectivity index (χ4n) is 5.37. The van der Waals surface area contributed by atoms with E-state index in [1.165, 1.54) is 116 Å². The van der Waals surface area contributed by atoms with Gasteiger partial charge in [0.25, 0.3) is 0 Å². The van der Waals surface area contributed by atoms with Crippen molar-refractivity contribution in [3.05, 3.63) is 35.4 Å². The van der Waals surface area contributed by atoms with Gasteiger partial charge >= 0.3 is 0 Å². The maximum absolute atomic E-state index is 12.4. The van der Waals surface area contributed by atoms with E-state index < -0.39 is 0 Å². The number of carbonyl (C=O) groups is 2. The molecule has 0 unspecified atom stereocenters. The Bertz CT molecular complexity index is 672. The standard InChI is InChI=1S/C36H64N2O2/c1-3-5-7-9-11-13-15-17-19-21-23-29-35(39)37-31-33-27-25-26-28-34(33)32-38-36(40)30-24-22-20-18-16-14-12-10-8-6-4-2/h25-28H,3-24,29-32H2,1-2H3,(H,37,39)(H,38,40). The normalized spacial score (nSPS) is 11.1. The number of hydrogen-bond donors (Lipinski definition) is 2. The highest BCUT2D eigenvalue weighted by Crippen LogP contribution is 2.14. The third-order valence-corrected chi connectivity index (χ3v) is 8.09. The first-order valence-electron chi connectivity index (χ1n) is 17.3. The molecule has 0 spiro atoms. The molecule has 0 saturated carbocycles. The molecule has 40 heavy (non-hydrogen) atoms. The van der Waals surface area contributed by atoms with E-state index >= 15 is 0 Å². The van der Waals surface area contributed by atoms with Crippen LogP contribution in [0.1, 0.15) is 179 Å². The van der Waals surface area contributed by atoms with Crippen molar-refractivity contribution in [2.45, 2.75) is 181 Å². The first-order chi connectivity index (χ1) is 19.7. The minimum absolute atomic E-state index is 0.131. The quantitative estimate of drug-likeness (QED) is 0.101. The second-order valence-corrected chi connectivity index (χ2v) is 11.9. The Kier molecular flexibility index (Phi) is 24.7. The highest BCUT2D eigenvalue weighted by atomic mass is 16.2. The van der Waals surface area contributed by atoms with Gasteiger partial charge in [-0.25, -0.2) is 0 Å². The van der Waals surface area contributed by atoms with E-state index in [-0.39, 0.29) is 11.8 Å². The Labute approximate surface area is 248 Å². The van der Waals surface area contributed by atoms with Gasteiger partial charge < -0.3 is 10.6 Å². The average Bonchev–Trinajstić information content (AvgIpc) is 2.97. The molecule has 4 nitrogen and oxygen atoms in total. The predicted octanol–water partition coefficient (Wildman–Crippen LogP) is 10.3. The van der Waals surface area contributed by atoms with Crippen LogP contribution in [0.4, 0.5) is 0 Å². The molecule has 2 N–H and O–H groups in total. The van der Waals surface area contributed by atoms with Crippen molar-refractivity contribution in [1.82, 2.24) is 10.6 Å². The molecule has 1 aromatic carbocycles. The summed E-state index contributed by atoms with van der Waals surface area (Å²) in [5.41, 5.74) is 2.18. The molecule has 4 heteroatoms. The Morgan fingerprint density at radius 2 is 0.725 bits per heavy atom. The Balaban J connectivity index is 2.07. The number of amides is 2. The van der Waals surface area contributed by atoms with E-state index in [2.05, 4.69) is 24.5 Å². The molecule has 0 aromatic heterocycles. The summed E-state index contributed by atoms with van der Waals surface area (Å²) >= 11 is 0. The molecule has 0 atom stereocenters. The highest BCUT2D eigenvalue weighted by molar-refractivity contribution is 5.76. The largest absolute Gasteiger partial charge is 0.352 e. The number of hydrogen-bond acceptors (Lipinski definition) is 2. The van der Waals surface area contributed by atoms with Crippen molar-refractivity contribution in [3.63, 3.8) is 0 Å². The molecule has 0 aliphatic heterocycles. The van der Waals surface area contributed by atoms with Gasteiger partial charge in [-0.05, 0) is 24.0 Å². The van der Waals surface area contributed by atoms with Gasteiger partial charge in [0, 0.05) is 25.9 Å². The van der Waals surface area contributed by atoms with Crippen LogP contribution in [0.3, 0.4) is 0 Å². The molecule has 2 amide bonds. The first kappa shape index (κ1) is 36.2. The first-order valence-corrected chi connectivity index (χ1v) is 17.3. The highest BCUT2D eigenvalue weighted by Gasteiger charge is 2.07. The van der Waals surface area contributed by atoms with Crippen LogP contribution in [-0.4, -0.2) is 11.8 Å². The molecule has 0 saturated heterocycles. The molecular formula is C36H64N2O2. The van der Waals surface area contributed by atoms with Crippen LogP contribution in [0.25, 0.3) is 0 Å². The van der Waals surface area contributed by atoms with E-state index in [0.29, 0.717) is 25.9 Å². The van der Waals surface area contributed by atoms with E-state index in [1.807, 2.05) is 24.3 Å². The lowest BCUT2D eigenvalue weighted by Gasteiger charge is -2.12. The molecular weight excluding hydrogens is 492 g/mol. The molecule has 0 bridgehead atoms. The lowest BCUT2D eigenvalue weighted by molar-refractivity contribution is -0.122. The van der Waals surface area contributed by atoms with Gasteiger partial charge in [-0.1, -0.05) is 167 Å². The molecule has 0 fully saturated rings. The monoisotopic (exact) mass is 556 g/mol. The topological polar surface area (TPSA) is 58.2 Å². The summed E-state index contributed by atoms with van der Waals surface area (Å²) in [4.78, 5) is 24.7. The number of carbonyl (C=O) groups excluding carboxylic acids is 2. The second kappa shape index (κ2) is 27.3. The second-order valence-electron chi connectivity index (χ2n) is 11.9. The smallest absolute Gasteiger partial charge is 0.220 e. The number of rotatable bonds is 28. The van der Waals surface area contributed by atoms with Crippen molar-refractivity contribution in [1.29, 1.82) is 0 Å².